The average molecular weight is 252 g/mol. The normalized spacial score (nSPS) is 19.0. The van der Waals surface area contributed by atoms with Crippen LogP contribution < -0.4 is 4.90 Å². The van der Waals surface area contributed by atoms with Crippen molar-refractivity contribution in [1.29, 1.82) is 0 Å². The Balaban J connectivity index is 2.05. The topological polar surface area (TPSA) is 78.7 Å². The number of aliphatic carboxylic acids is 1. The highest BCUT2D eigenvalue weighted by Crippen LogP contribution is 2.17. The van der Waals surface area contributed by atoms with Crippen molar-refractivity contribution >= 4 is 17.6 Å². The fourth-order valence-corrected chi connectivity index (χ4v) is 2.00. The van der Waals surface area contributed by atoms with Crippen molar-refractivity contribution in [3.8, 4) is 0 Å². The molecule has 0 radical (unpaired) electrons. The van der Waals surface area contributed by atoms with E-state index in [-0.39, 0.29) is 12.5 Å². The maximum atomic E-state index is 12.0. The van der Waals surface area contributed by atoms with E-state index in [1.54, 1.807) is 40.8 Å². The molecule has 0 saturated carbocycles. The molecule has 1 aliphatic heterocycles. The van der Waals surface area contributed by atoms with Gasteiger partial charge in [-0.3, -0.25) is 19.2 Å². The van der Waals surface area contributed by atoms with Crippen molar-refractivity contribution in [2.24, 2.45) is 7.05 Å². The number of aryl methyl sites for hydroxylation is 1. The van der Waals surface area contributed by atoms with Crippen LogP contribution in [-0.2, 0) is 16.6 Å². The minimum atomic E-state index is -0.905. The molecule has 1 saturated heterocycles. The Morgan fingerprint density at radius 3 is 2.72 bits per heavy atom. The van der Waals surface area contributed by atoms with Crippen LogP contribution in [0.1, 0.15) is 6.92 Å². The van der Waals surface area contributed by atoms with Gasteiger partial charge in [-0.2, -0.15) is 5.10 Å². The zero-order valence-corrected chi connectivity index (χ0v) is 10.4. The lowest BCUT2D eigenvalue weighted by molar-refractivity contribution is -0.143. The zero-order chi connectivity index (χ0) is 13.3. The molecule has 0 aliphatic carbocycles. The second kappa shape index (κ2) is 4.77. The number of anilines is 1. The summed E-state index contributed by atoms with van der Waals surface area (Å²) in [4.78, 5) is 26.2. The molecule has 1 fully saturated rings. The highest BCUT2D eigenvalue weighted by Gasteiger charge is 2.30. The fraction of sp³-hybridized carbons (Fsp3) is 0.545. The number of nitrogens with zero attached hydrogens (tertiary/aromatic N) is 4. The van der Waals surface area contributed by atoms with Gasteiger partial charge in [0.2, 0.25) is 5.91 Å². The Kier molecular flexibility index (Phi) is 3.33. The highest BCUT2D eigenvalue weighted by molar-refractivity contribution is 5.95. The van der Waals surface area contributed by atoms with Crippen LogP contribution in [0.2, 0.25) is 0 Å². The van der Waals surface area contributed by atoms with Gasteiger partial charge in [0.25, 0.3) is 0 Å². The molecule has 98 valence electrons. The lowest BCUT2D eigenvalue weighted by Crippen LogP contribution is -2.54. The van der Waals surface area contributed by atoms with Crippen molar-refractivity contribution in [3.05, 3.63) is 12.4 Å². The van der Waals surface area contributed by atoms with Crippen molar-refractivity contribution < 1.29 is 14.7 Å². The second-order valence-electron chi connectivity index (χ2n) is 4.40. The van der Waals surface area contributed by atoms with E-state index in [0.29, 0.717) is 13.1 Å². The third-order valence-corrected chi connectivity index (χ3v) is 3.16. The summed E-state index contributed by atoms with van der Waals surface area (Å²) in [5.41, 5.74) is 0.755. The molecular weight excluding hydrogens is 236 g/mol. The molecule has 18 heavy (non-hydrogen) atoms. The van der Waals surface area contributed by atoms with Crippen molar-refractivity contribution in [2.45, 2.75) is 13.0 Å². The van der Waals surface area contributed by atoms with E-state index in [9.17, 15) is 9.59 Å². The Hall–Kier alpha value is -1.89. The third kappa shape index (κ3) is 2.35. The number of hydrogen-bond acceptors (Lipinski definition) is 4. The molecule has 1 aromatic rings. The first-order valence-electron chi connectivity index (χ1n) is 5.75. The largest absolute Gasteiger partial charge is 0.480 e. The first-order chi connectivity index (χ1) is 8.49. The van der Waals surface area contributed by atoms with Gasteiger partial charge in [-0.15, -0.1) is 0 Å². The lowest BCUT2D eigenvalue weighted by Gasteiger charge is -2.35. The smallest absolute Gasteiger partial charge is 0.320 e. The predicted molar refractivity (Wildman–Crippen MR) is 64.2 cm³/mol. The van der Waals surface area contributed by atoms with Crippen LogP contribution >= 0.6 is 0 Å². The average Bonchev–Trinajstić information content (AvgIpc) is 2.74. The summed E-state index contributed by atoms with van der Waals surface area (Å²) >= 11 is 0. The molecule has 7 heteroatoms. The molecule has 1 N–H and O–H groups in total. The molecule has 7 nitrogen and oxygen atoms in total. The van der Waals surface area contributed by atoms with E-state index in [4.69, 9.17) is 5.11 Å². The maximum Gasteiger partial charge on any atom is 0.320 e. The second-order valence-corrected chi connectivity index (χ2v) is 4.40. The van der Waals surface area contributed by atoms with Crippen LogP contribution in [0.25, 0.3) is 0 Å². The number of rotatable bonds is 3. The Bertz CT molecular complexity index is 471. The van der Waals surface area contributed by atoms with E-state index in [1.807, 2.05) is 0 Å². The van der Waals surface area contributed by atoms with Crippen molar-refractivity contribution in [1.82, 2.24) is 14.7 Å². The molecule has 0 spiro atoms. The first-order valence-corrected chi connectivity index (χ1v) is 5.75. The van der Waals surface area contributed by atoms with E-state index in [1.165, 1.54) is 0 Å². The van der Waals surface area contributed by atoms with E-state index in [0.717, 1.165) is 5.69 Å². The van der Waals surface area contributed by atoms with Gasteiger partial charge in [-0.25, -0.2) is 0 Å². The third-order valence-electron chi connectivity index (χ3n) is 3.16. The van der Waals surface area contributed by atoms with Gasteiger partial charge in [-0.05, 0) is 6.92 Å². The molecule has 0 aromatic carbocycles. The Morgan fingerprint density at radius 2 is 2.22 bits per heavy atom. The summed E-state index contributed by atoms with van der Waals surface area (Å²) in [6, 6.07) is -0.634. The van der Waals surface area contributed by atoms with Crippen molar-refractivity contribution in [2.75, 3.05) is 24.5 Å². The Labute approximate surface area is 105 Å². The lowest BCUT2D eigenvalue weighted by atomic mass is 10.2. The molecule has 1 amide bonds. The Morgan fingerprint density at radius 1 is 1.50 bits per heavy atom. The first kappa shape index (κ1) is 12.6. The molecule has 2 rings (SSSR count). The van der Waals surface area contributed by atoms with Gasteiger partial charge in [-0.1, -0.05) is 0 Å². The predicted octanol–water partition coefficient (Wildman–Crippen LogP) is -0.458. The number of carboxylic acid groups (broad SMARTS) is 1. The van der Waals surface area contributed by atoms with Crippen LogP contribution in [0.5, 0.6) is 0 Å². The summed E-state index contributed by atoms with van der Waals surface area (Å²) in [6.07, 6.45) is 3.41. The van der Waals surface area contributed by atoms with Crippen LogP contribution in [0.3, 0.4) is 0 Å². The number of carbonyl (C=O) groups is 2. The number of piperazine rings is 1. The monoisotopic (exact) mass is 252 g/mol. The molecule has 1 atom stereocenters. The summed E-state index contributed by atoms with van der Waals surface area (Å²) < 4.78 is 1.63. The standard InChI is InChI=1S/C11H16N4O3/c1-8(11(17)18)14-3-4-15(10(16)7-14)9-5-12-13(2)6-9/h5-6,8H,3-4,7H2,1-2H3,(H,17,18). The number of carboxylic acids is 1. The SMILES string of the molecule is CC(C(=O)O)N1CCN(c2cnn(C)c2)C(=O)C1. The van der Waals surface area contributed by atoms with Gasteiger partial charge < -0.3 is 10.0 Å². The highest BCUT2D eigenvalue weighted by atomic mass is 16.4. The molecule has 1 unspecified atom stereocenters. The van der Waals surface area contributed by atoms with Crippen molar-refractivity contribution in [3.63, 3.8) is 0 Å². The minimum Gasteiger partial charge on any atom is -0.480 e. The summed E-state index contributed by atoms with van der Waals surface area (Å²) in [5, 5.41) is 13.0. The number of hydrogen-bond donors (Lipinski definition) is 1. The van der Waals surface area contributed by atoms with Crippen LogP contribution in [0, 0.1) is 0 Å². The van der Waals surface area contributed by atoms with Crippen LogP contribution in [-0.4, -0.2) is 57.3 Å². The summed E-state index contributed by atoms with van der Waals surface area (Å²) in [7, 11) is 1.79. The zero-order valence-electron chi connectivity index (χ0n) is 10.4. The van der Waals surface area contributed by atoms with Gasteiger partial charge in [0.1, 0.15) is 6.04 Å². The quantitative estimate of drug-likeness (QED) is 0.787. The van der Waals surface area contributed by atoms with E-state index >= 15 is 0 Å². The van der Waals surface area contributed by atoms with Gasteiger partial charge in [0.05, 0.1) is 18.4 Å². The molecule has 1 aromatic heterocycles. The number of aromatic nitrogens is 2. The maximum absolute atomic E-state index is 12.0. The van der Waals surface area contributed by atoms with Crippen LogP contribution in [0.4, 0.5) is 5.69 Å². The molecule has 0 bridgehead atoms. The summed E-state index contributed by atoms with van der Waals surface area (Å²) in [5.74, 6) is -1.00. The number of carbonyl (C=O) groups excluding carboxylic acids is 1. The number of amides is 1. The van der Waals surface area contributed by atoms with E-state index < -0.39 is 12.0 Å². The molecule has 1 aliphatic rings. The van der Waals surface area contributed by atoms with Gasteiger partial charge >= 0.3 is 5.97 Å². The fourth-order valence-electron chi connectivity index (χ4n) is 2.00. The minimum absolute atomic E-state index is 0.0950. The summed E-state index contributed by atoms with van der Waals surface area (Å²) in [6.45, 7) is 2.76. The van der Waals surface area contributed by atoms with Gasteiger partial charge in [0, 0.05) is 26.3 Å². The molecular formula is C11H16N4O3. The molecule has 2 heterocycles. The van der Waals surface area contributed by atoms with Crippen LogP contribution in [0.15, 0.2) is 12.4 Å². The van der Waals surface area contributed by atoms with Gasteiger partial charge in [0.15, 0.2) is 0 Å². The van der Waals surface area contributed by atoms with E-state index in [2.05, 4.69) is 5.10 Å².